The Morgan fingerprint density at radius 3 is 2.56 bits per heavy atom. The first-order chi connectivity index (χ1) is 13.1. The third kappa shape index (κ3) is 3.97. The topological polar surface area (TPSA) is 49.0 Å². The van der Waals surface area contributed by atoms with Crippen LogP contribution in [0.2, 0.25) is 0 Å². The Hall–Kier alpha value is -2.83. The van der Waals surface area contributed by atoms with Crippen molar-refractivity contribution in [1.29, 1.82) is 0 Å². The van der Waals surface area contributed by atoms with Crippen LogP contribution in [0.5, 0.6) is 0 Å². The average Bonchev–Trinajstić information content (AvgIpc) is 3.09. The van der Waals surface area contributed by atoms with Gasteiger partial charge in [0.05, 0.1) is 11.9 Å². The van der Waals surface area contributed by atoms with Crippen LogP contribution in [0.3, 0.4) is 0 Å². The molecule has 2 aromatic carbocycles. The van der Waals surface area contributed by atoms with Gasteiger partial charge in [0, 0.05) is 11.4 Å². The minimum Gasteiger partial charge on any atom is -0.309 e. The molecule has 4 aromatic rings. The third-order valence-electron chi connectivity index (χ3n) is 4.30. The maximum Gasteiger partial charge on any atom is 0.259 e. The molecule has 4 rings (SSSR count). The Labute approximate surface area is 159 Å². The maximum absolute atomic E-state index is 13.0. The van der Waals surface area contributed by atoms with Crippen molar-refractivity contribution in [1.82, 2.24) is 14.9 Å². The Bertz CT molecular complexity index is 1120. The fourth-order valence-corrected chi connectivity index (χ4v) is 4.07. The molecular formula is C21H18FN3OS. The third-order valence-corrected chi connectivity index (χ3v) is 5.37. The van der Waals surface area contributed by atoms with Gasteiger partial charge in [-0.1, -0.05) is 42.5 Å². The summed E-state index contributed by atoms with van der Waals surface area (Å²) < 4.78 is 13.0. The smallest absolute Gasteiger partial charge is 0.259 e. The van der Waals surface area contributed by atoms with Crippen LogP contribution in [0.25, 0.3) is 20.7 Å². The van der Waals surface area contributed by atoms with Crippen LogP contribution in [-0.4, -0.2) is 21.9 Å². The first-order valence-corrected chi connectivity index (χ1v) is 9.41. The highest BCUT2D eigenvalue weighted by Gasteiger charge is 2.11. The molecule has 1 N–H and O–H groups in total. The average molecular weight is 379 g/mol. The van der Waals surface area contributed by atoms with E-state index in [0.717, 1.165) is 20.8 Å². The first kappa shape index (κ1) is 17.6. The number of fused-ring (bicyclic) bond motifs is 1. The van der Waals surface area contributed by atoms with Gasteiger partial charge in [0.1, 0.15) is 16.5 Å². The van der Waals surface area contributed by atoms with E-state index >= 15 is 0 Å². The maximum atomic E-state index is 13.0. The normalized spacial score (nSPS) is 11.4. The van der Waals surface area contributed by atoms with E-state index in [1.54, 1.807) is 12.1 Å². The molecule has 0 aliphatic heterocycles. The molecule has 0 spiro atoms. The van der Waals surface area contributed by atoms with E-state index in [1.807, 2.05) is 48.3 Å². The highest BCUT2D eigenvalue weighted by Crippen LogP contribution is 2.30. The number of aromatic nitrogens is 2. The molecule has 0 aliphatic carbocycles. The van der Waals surface area contributed by atoms with Crippen molar-refractivity contribution in [2.75, 3.05) is 7.05 Å². The Morgan fingerprint density at radius 1 is 1.07 bits per heavy atom. The zero-order valence-electron chi connectivity index (χ0n) is 14.8. The number of nitrogens with one attached hydrogen (secondary N) is 1. The lowest BCUT2D eigenvalue weighted by atomic mass is 10.2. The fourth-order valence-electron chi connectivity index (χ4n) is 3.01. The second-order valence-corrected chi connectivity index (χ2v) is 7.54. The fraction of sp³-hybridized carbons (Fsp3) is 0.143. The van der Waals surface area contributed by atoms with Gasteiger partial charge in [-0.2, -0.15) is 0 Å². The van der Waals surface area contributed by atoms with Crippen LogP contribution in [0.4, 0.5) is 4.39 Å². The van der Waals surface area contributed by atoms with Gasteiger partial charge in [-0.15, -0.1) is 11.3 Å². The van der Waals surface area contributed by atoms with Gasteiger partial charge in [-0.05, 0) is 36.4 Å². The van der Waals surface area contributed by atoms with Crippen LogP contribution in [0.1, 0.15) is 11.4 Å². The van der Waals surface area contributed by atoms with E-state index in [4.69, 9.17) is 0 Å². The van der Waals surface area contributed by atoms with Crippen molar-refractivity contribution < 1.29 is 4.39 Å². The van der Waals surface area contributed by atoms with Gasteiger partial charge in [0.2, 0.25) is 0 Å². The lowest BCUT2D eigenvalue weighted by molar-refractivity contribution is 0.310. The summed E-state index contributed by atoms with van der Waals surface area (Å²) in [6.45, 7) is 1.14. The zero-order chi connectivity index (χ0) is 18.8. The molecule has 27 heavy (non-hydrogen) atoms. The van der Waals surface area contributed by atoms with E-state index in [1.165, 1.54) is 23.5 Å². The molecule has 4 nitrogen and oxygen atoms in total. The second kappa shape index (κ2) is 7.42. The summed E-state index contributed by atoms with van der Waals surface area (Å²) in [6.07, 6.45) is 0. The van der Waals surface area contributed by atoms with Crippen molar-refractivity contribution in [3.05, 3.63) is 88.2 Å². The number of H-pyrrole nitrogens is 1. The summed E-state index contributed by atoms with van der Waals surface area (Å²) in [7, 11) is 1.94. The van der Waals surface area contributed by atoms with E-state index in [0.29, 0.717) is 24.3 Å². The lowest BCUT2D eigenvalue weighted by Gasteiger charge is -2.15. The predicted octanol–water partition coefficient (Wildman–Crippen LogP) is 4.42. The molecule has 6 heteroatoms. The SMILES string of the molecule is CN(Cc1ccc(F)cc1)Cc1nc2sc(-c3ccccc3)cc2c(=O)[nH]1. The molecule has 0 bridgehead atoms. The minimum absolute atomic E-state index is 0.122. The van der Waals surface area contributed by atoms with Crippen LogP contribution in [-0.2, 0) is 13.1 Å². The molecule has 0 atom stereocenters. The highest BCUT2D eigenvalue weighted by atomic mass is 32.1. The van der Waals surface area contributed by atoms with Crippen LogP contribution < -0.4 is 5.56 Å². The van der Waals surface area contributed by atoms with Crippen molar-refractivity contribution in [3.8, 4) is 10.4 Å². The number of halogens is 1. The Kier molecular flexibility index (Phi) is 4.83. The molecule has 2 aromatic heterocycles. The number of rotatable bonds is 5. The highest BCUT2D eigenvalue weighted by molar-refractivity contribution is 7.21. The Balaban J connectivity index is 1.57. The molecule has 0 radical (unpaired) electrons. The van der Waals surface area contributed by atoms with Crippen LogP contribution in [0, 0.1) is 5.82 Å². The number of hydrogen-bond acceptors (Lipinski definition) is 4. The van der Waals surface area contributed by atoms with E-state index in [-0.39, 0.29) is 11.4 Å². The van der Waals surface area contributed by atoms with Crippen molar-refractivity contribution in [3.63, 3.8) is 0 Å². The number of hydrogen-bond donors (Lipinski definition) is 1. The minimum atomic E-state index is -0.246. The molecule has 0 unspecified atom stereocenters. The van der Waals surface area contributed by atoms with E-state index in [2.05, 4.69) is 9.97 Å². The summed E-state index contributed by atoms with van der Waals surface area (Å²) in [5.41, 5.74) is 1.96. The predicted molar refractivity (Wildman–Crippen MR) is 107 cm³/mol. The van der Waals surface area contributed by atoms with Crippen molar-refractivity contribution in [2.24, 2.45) is 0 Å². The summed E-state index contributed by atoms with van der Waals surface area (Å²) >= 11 is 1.52. The van der Waals surface area contributed by atoms with E-state index in [9.17, 15) is 9.18 Å². The molecule has 2 heterocycles. The molecule has 136 valence electrons. The number of aromatic amines is 1. The van der Waals surface area contributed by atoms with Crippen LogP contribution >= 0.6 is 11.3 Å². The van der Waals surface area contributed by atoms with Gasteiger partial charge < -0.3 is 4.98 Å². The number of benzene rings is 2. The summed E-state index contributed by atoms with van der Waals surface area (Å²) in [5, 5.41) is 0.615. The van der Waals surface area contributed by atoms with Gasteiger partial charge >= 0.3 is 0 Å². The van der Waals surface area contributed by atoms with Gasteiger partial charge in [0.15, 0.2) is 0 Å². The molecule has 0 amide bonds. The largest absolute Gasteiger partial charge is 0.309 e. The van der Waals surface area contributed by atoms with Crippen molar-refractivity contribution >= 4 is 21.6 Å². The van der Waals surface area contributed by atoms with Gasteiger partial charge in [-0.3, -0.25) is 9.69 Å². The monoisotopic (exact) mass is 379 g/mol. The van der Waals surface area contributed by atoms with Gasteiger partial charge in [-0.25, -0.2) is 9.37 Å². The molecule has 0 saturated carbocycles. The summed E-state index contributed by atoms with van der Waals surface area (Å²) in [4.78, 5) is 23.8. The number of thiophene rings is 1. The second-order valence-electron chi connectivity index (χ2n) is 6.51. The van der Waals surface area contributed by atoms with Gasteiger partial charge in [0.25, 0.3) is 5.56 Å². The number of nitrogens with zero attached hydrogens (tertiary/aromatic N) is 2. The Morgan fingerprint density at radius 2 is 1.81 bits per heavy atom. The molecular weight excluding hydrogens is 361 g/mol. The molecule has 0 saturated heterocycles. The van der Waals surface area contributed by atoms with E-state index < -0.39 is 0 Å². The first-order valence-electron chi connectivity index (χ1n) is 8.59. The lowest BCUT2D eigenvalue weighted by Crippen LogP contribution is -2.21. The quantitative estimate of drug-likeness (QED) is 0.558. The molecule has 0 aliphatic rings. The summed E-state index contributed by atoms with van der Waals surface area (Å²) in [6, 6.07) is 18.3. The zero-order valence-corrected chi connectivity index (χ0v) is 15.6. The van der Waals surface area contributed by atoms with Crippen molar-refractivity contribution in [2.45, 2.75) is 13.1 Å². The molecule has 0 fully saturated rings. The van der Waals surface area contributed by atoms with Crippen LogP contribution in [0.15, 0.2) is 65.5 Å². The standard InChI is InChI=1S/C21H18FN3OS/c1-25(12-14-7-9-16(22)10-8-14)13-19-23-20(26)17-11-18(27-21(17)24-19)15-5-3-2-4-6-15/h2-11H,12-13H2,1H3,(H,23,24,26). The summed E-state index contributed by atoms with van der Waals surface area (Å²) in [5.74, 6) is 0.378.